The zero-order valence-corrected chi connectivity index (χ0v) is 9.28. The van der Waals surface area contributed by atoms with Crippen LogP contribution in [0, 0.1) is 0 Å². The first-order valence-corrected chi connectivity index (χ1v) is 4.97. The fourth-order valence-corrected chi connectivity index (χ4v) is 1.61. The lowest BCUT2D eigenvalue weighted by atomic mass is 10.1. The van der Waals surface area contributed by atoms with E-state index in [2.05, 4.69) is 10.2 Å². The Labute approximate surface area is 97.2 Å². The molecule has 1 N–H and O–H groups in total. The molecular weight excluding hydrogens is 228 g/mol. The van der Waals surface area contributed by atoms with Crippen LogP contribution in [-0.2, 0) is 0 Å². The maximum absolute atomic E-state index is 11.9. The zero-order chi connectivity index (χ0) is 11.5. The first-order chi connectivity index (χ1) is 7.72. The Bertz CT molecular complexity index is 509. The number of ether oxygens (including phenoxy) is 1. The number of carbonyl (C=O) groups excluding carboxylic acids is 1. The van der Waals surface area contributed by atoms with Crippen molar-refractivity contribution in [2.45, 2.75) is 0 Å². The van der Waals surface area contributed by atoms with Gasteiger partial charge < -0.3 is 4.74 Å². The van der Waals surface area contributed by atoms with Crippen molar-refractivity contribution >= 4 is 17.4 Å². The van der Waals surface area contributed by atoms with E-state index in [0.29, 0.717) is 21.9 Å². The van der Waals surface area contributed by atoms with Gasteiger partial charge in [-0.05, 0) is 18.2 Å². The molecule has 0 aliphatic heterocycles. The number of nitrogens with zero attached hydrogens (tertiary/aromatic N) is 1. The second kappa shape index (κ2) is 4.37. The zero-order valence-electron chi connectivity index (χ0n) is 8.53. The molecule has 0 saturated heterocycles. The summed E-state index contributed by atoms with van der Waals surface area (Å²) in [6, 6.07) is 4.91. The molecule has 4 nitrogen and oxygen atoms in total. The molecule has 2 rings (SSSR count). The molecule has 0 spiro atoms. The summed E-state index contributed by atoms with van der Waals surface area (Å²) < 4.78 is 5.01. The molecule has 2 aromatic rings. The Morgan fingerprint density at radius 2 is 2.25 bits per heavy atom. The Morgan fingerprint density at radius 1 is 1.44 bits per heavy atom. The van der Waals surface area contributed by atoms with E-state index in [9.17, 15) is 4.79 Å². The Morgan fingerprint density at radius 3 is 2.81 bits per heavy atom. The fraction of sp³-hybridized carbons (Fsp3) is 0.0909. The molecule has 1 aromatic heterocycles. The number of rotatable bonds is 3. The summed E-state index contributed by atoms with van der Waals surface area (Å²) in [6.07, 6.45) is 3.01. The number of hydrogen-bond acceptors (Lipinski definition) is 3. The van der Waals surface area contributed by atoms with Crippen molar-refractivity contribution in [3.8, 4) is 5.75 Å². The fourth-order valence-electron chi connectivity index (χ4n) is 1.35. The Hall–Kier alpha value is -1.81. The average Bonchev–Trinajstić information content (AvgIpc) is 2.81. The largest absolute Gasteiger partial charge is 0.495 e. The molecule has 0 unspecified atom stereocenters. The minimum absolute atomic E-state index is 0.127. The number of benzene rings is 1. The van der Waals surface area contributed by atoms with Crippen molar-refractivity contribution in [1.29, 1.82) is 0 Å². The van der Waals surface area contributed by atoms with Crippen LogP contribution in [0.5, 0.6) is 5.75 Å². The highest BCUT2D eigenvalue weighted by atomic mass is 35.5. The summed E-state index contributed by atoms with van der Waals surface area (Å²) >= 11 is 5.93. The van der Waals surface area contributed by atoms with Crippen molar-refractivity contribution in [3.63, 3.8) is 0 Å². The van der Waals surface area contributed by atoms with Gasteiger partial charge in [0.1, 0.15) is 5.75 Å². The standard InChI is InChI=1S/C11H9ClN2O2/c1-16-10-3-2-7(4-9(10)12)11(15)8-5-13-14-6-8/h2-6H,1H3,(H,13,14). The van der Waals surface area contributed by atoms with E-state index in [4.69, 9.17) is 16.3 Å². The third-order valence-electron chi connectivity index (χ3n) is 2.17. The second-order valence-corrected chi connectivity index (χ2v) is 3.57. The quantitative estimate of drug-likeness (QED) is 0.832. The highest BCUT2D eigenvalue weighted by Gasteiger charge is 2.12. The van der Waals surface area contributed by atoms with Gasteiger partial charge in [0.05, 0.1) is 23.9 Å². The van der Waals surface area contributed by atoms with Gasteiger partial charge in [0.25, 0.3) is 0 Å². The van der Waals surface area contributed by atoms with Crippen LogP contribution in [0.3, 0.4) is 0 Å². The van der Waals surface area contributed by atoms with E-state index in [-0.39, 0.29) is 5.78 Å². The summed E-state index contributed by atoms with van der Waals surface area (Å²) in [4.78, 5) is 11.9. The van der Waals surface area contributed by atoms with E-state index in [1.165, 1.54) is 13.3 Å². The van der Waals surface area contributed by atoms with Gasteiger partial charge in [-0.1, -0.05) is 11.6 Å². The van der Waals surface area contributed by atoms with Gasteiger partial charge in [0.2, 0.25) is 0 Å². The number of ketones is 1. The first-order valence-electron chi connectivity index (χ1n) is 4.59. The van der Waals surface area contributed by atoms with Crippen LogP contribution in [0.1, 0.15) is 15.9 Å². The lowest BCUT2D eigenvalue weighted by molar-refractivity contribution is 0.103. The number of aromatic amines is 1. The molecular formula is C11H9ClN2O2. The molecule has 0 aliphatic carbocycles. The summed E-state index contributed by atoms with van der Waals surface area (Å²) in [7, 11) is 1.53. The molecule has 1 heterocycles. The van der Waals surface area contributed by atoms with E-state index in [1.54, 1.807) is 24.4 Å². The van der Waals surface area contributed by atoms with Gasteiger partial charge >= 0.3 is 0 Å². The summed E-state index contributed by atoms with van der Waals surface area (Å²) in [5, 5.41) is 6.72. The van der Waals surface area contributed by atoms with Gasteiger partial charge in [0.15, 0.2) is 5.78 Å². The SMILES string of the molecule is COc1ccc(C(=O)c2cn[nH]c2)cc1Cl. The Kier molecular flexibility index (Phi) is 2.92. The highest BCUT2D eigenvalue weighted by molar-refractivity contribution is 6.32. The predicted molar refractivity (Wildman–Crippen MR) is 60.0 cm³/mol. The number of carbonyl (C=O) groups is 1. The number of hydrogen-bond donors (Lipinski definition) is 1. The van der Waals surface area contributed by atoms with Crippen molar-refractivity contribution in [3.05, 3.63) is 46.7 Å². The van der Waals surface area contributed by atoms with Crippen LogP contribution >= 0.6 is 11.6 Å². The van der Waals surface area contributed by atoms with E-state index >= 15 is 0 Å². The van der Waals surface area contributed by atoms with Crippen LogP contribution in [0.25, 0.3) is 0 Å². The van der Waals surface area contributed by atoms with Gasteiger partial charge in [-0.15, -0.1) is 0 Å². The molecule has 0 atom stereocenters. The van der Waals surface area contributed by atoms with Crippen molar-refractivity contribution < 1.29 is 9.53 Å². The van der Waals surface area contributed by atoms with Crippen LogP contribution in [0.2, 0.25) is 5.02 Å². The van der Waals surface area contributed by atoms with Crippen molar-refractivity contribution in [2.75, 3.05) is 7.11 Å². The maximum Gasteiger partial charge on any atom is 0.196 e. The molecule has 0 aliphatic rings. The monoisotopic (exact) mass is 236 g/mol. The normalized spacial score (nSPS) is 10.1. The molecule has 0 saturated carbocycles. The van der Waals surface area contributed by atoms with Gasteiger partial charge in [-0.2, -0.15) is 5.10 Å². The topological polar surface area (TPSA) is 55.0 Å². The summed E-state index contributed by atoms with van der Waals surface area (Å²) in [5.41, 5.74) is 1.01. The third kappa shape index (κ3) is 1.92. The van der Waals surface area contributed by atoms with Gasteiger partial charge in [-0.3, -0.25) is 9.89 Å². The van der Waals surface area contributed by atoms with Crippen LogP contribution < -0.4 is 4.74 Å². The van der Waals surface area contributed by atoms with Gasteiger partial charge in [0, 0.05) is 11.8 Å². The Balaban J connectivity index is 2.35. The number of methoxy groups -OCH3 is 1. The molecule has 82 valence electrons. The summed E-state index contributed by atoms with van der Waals surface area (Å²) in [6.45, 7) is 0. The highest BCUT2D eigenvalue weighted by Crippen LogP contribution is 2.25. The van der Waals surface area contributed by atoms with E-state index < -0.39 is 0 Å². The molecule has 0 radical (unpaired) electrons. The van der Waals surface area contributed by atoms with Crippen LogP contribution in [-0.4, -0.2) is 23.1 Å². The predicted octanol–water partition coefficient (Wildman–Crippen LogP) is 2.30. The minimum Gasteiger partial charge on any atom is -0.495 e. The molecule has 0 fully saturated rings. The van der Waals surface area contributed by atoms with Crippen molar-refractivity contribution in [2.24, 2.45) is 0 Å². The summed E-state index contributed by atoms with van der Waals surface area (Å²) in [5.74, 6) is 0.420. The number of nitrogens with one attached hydrogen (secondary N) is 1. The first kappa shape index (κ1) is 10.7. The smallest absolute Gasteiger partial charge is 0.196 e. The van der Waals surface area contributed by atoms with Gasteiger partial charge in [-0.25, -0.2) is 0 Å². The number of aromatic nitrogens is 2. The van der Waals surface area contributed by atoms with E-state index in [0.717, 1.165) is 0 Å². The molecule has 0 bridgehead atoms. The second-order valence-electron chi connectivity index (χ2n) is 3.17. The third-order valence-corrected chi connectivity index (χ3v) is 2.47. The number of halogens is 1. The molecule has 5 heteroatoms. The average molecular weight is 237 g/mol. The van der Waals surface area contributed by atoms with Crippen LogP contribution in [0.15, 0.2) is 30.6 Å². The van der Waals surface area contributed by atoms with E-state index in [1.807, 2.05) is 0 Å². The maximum atomic E-state index is 11.9. The van der Waals surface area contributed by atoms with Crippen molar-refractivity contribution in [1.82, 2.24) is 10.2 Å². The lowest BCUT2D eigenvalue weighted by Gasteiger charge is -2.04. The van der Waals surface area contributed by atoms with Crippen LogP contribution in [0.4, 0.5) is 0 Å². The lowest BCUT2D eigenvalue weighted by Crippen LogP contribution is -1.99. The molecule has 16 heavy (non-hydrogen) atoms. The molecule has 0 amide bonds. The molecule has 1 aromatic carbocycles. The minimum atomic E-state index is -0.127. The number of H-pyrrole nitrogens is 1.